The molecule has 0 spiro atoms. The van der Waals surface area contributed by atoms with Crippen LogP contribution in [0.25, 0.3) is 0 Å². The van der Waals surface area contributed by atoms with E-state index in [-0.39, 0.29) is 0 Å². The maximum Gasteiger partial charge on any atom is 0.0406 e. The zero-order valence-electron chi connectivity index (χ0n) is 7.76. The molecular formula is C11H14ClN. The van der Waals surface area contributed by atoms with E-state index >= 15 is 0 Å². The molecule has 2 heteroatoms. The largest absolute Gasteiger partial charge is 0.307 e. The molecule has 1 aromatic rings. The molecule has 0 radical (unpaired) electrons. The lowest BCUT2D eigenvalue weighted by atomic mass is 10.1. The van der Waals surface area contributed by atoms with Crippen LogP contribution in [0.15, 0.2) is 36.9 Å². The molecule has 1 atom stereocenters. The third-order valence-corrected chi connectivity index (χ3v) is 2.19. The van der Waals surface area contributed by atoms with Gasteiger partial charge in [-0.25, -0.2) is 0 Å². The van der Waals surface area contributed by atoms with Gasteiger partial charge in [-0.2, -0.15) is 0 Å². The summed E-state index contributed by atoms with van der Waals surface area (Å²) in [5, 5.41) is 4.08. The molecule has 0 bridgehead atoms. The molecule has 0 aliphatic heterocycles. The fourth-order valence-electron chi connectivity index (χ4n) is 1.13. The van der Waals surface area contributed by atoms with E-state index in [0.717, 1.165) is 11.6 Å². The normalized spacial score (nSPS) is 12.5. The predicted molar refractivity (Wildman–Crippen MR) is 58.1 cm³/mol. The molecule has 0 amide bonds. The zero-order valence-corrected chi connectivity index (χ0v) is 8.51. The lowest BCUT2D eigenvalue weighted by molar-refractivity contribution is 0.618. The topological polar surface area (TPSA) is 12.0 Å². The summed E-state index contributed by atoms with van der Waals surface area (Å²) in [5.41, 5.74) is 1.24. The van der Waals surface area contributed by atoms with E-state index in [2.05, 4.69) is 18.8 Å². The van der Waals surface area contributed by atoms with Gasteiger partial charge < -0.3 is 5.32 Å². The summed E-state index contributed by atoms with van der Waals surface area (Å²) < 4.78 is 0. The maximum atomic E-state index is 5.78. The van der Waals surface area contributed by atoms with Gasteiger partial charge in [0.1, 0.15) is 0 Å². The van der Waals surface area contributed by atoms with Crippen LogP contribution in [0.2, 0.25) is 5.02 Å². The van der Waals surface area contributed by atoms with Crippen molar-refractivity contribution in [3.63, 3.8) is 0 Å². The first-order valence-corrected chi connectivity index (χ1v) is 4.71. The first-order chi connectivity index (χ1) is 6.24. The summed E-state index contributed by atoms with van der Waals surface area (Å²) in [7, 11) is 0. The van der Waals surface area contributed by atoms with Crippen molar-refractivity contribution >= 4 is 11.6 Å². The number of halogens is 1. The number of hydrogen-bond acceptors (Lipinski definition) is 1. The van der Waals surface area contributed by atoms with Crippen LogP contribution in [0.3, 0.4) is 0 Å². The van der Waals surface area contributed by atoms with E-state index in [0.29, 0.717) is 6.04 Å². The number of rotatable bonds is 4. The van der Waals surface area contributed by atoms with Crippen molar-refractivity contribution in [3.05, 3.63) is 47.5 Å². The summed E-state index contributed by atoms with van der Waals surface area (Å²) in [6, 6.07) is 8.22. The van der Waals surface area contributed by atoms with E-state index in [1.165, 1.54) is 5.56 Å². The summed E-state index contributed by atoms with van der Waals surface area (Å²) >= 11 is 5.78. The van der Waals surface area contributed by atoms with Crippen LogP contribution in [0, 0.1) is 0 Å². The Kier molecular flexibility index (Phi) is 4.00. The lowest BCUT2D eigenvalue weighted by Gasteiger charge is -2.12. The SMILES string of the molecule is C=CCN[C@@H](C)c1ccc(Cl)cc1. The van der Waals surface area contributed by atoms with Crippen LogP contribution in [0.4, 0.5) is 0 Å². The van der Waals surface area contributed by atoms with E-state index < -0.39 is 0 Å². The molecule has 0 heterocycles. The first-order valence-electron chi connectivity index (χ1n) is 4.34. The molecule has 0 aliphatic carbocycles. The van der Waals surface area contributed by atoms with Gasteiger partial charge in [0, 0.05) is 17.6 Å². The van der Waals surface area contributed by atoms with Crippen molar-refractivity contribution in [3.8, 4) is 0 Å². The molecule has 70 valence electrons. The molecule has 0 saturated heterocycles. The van der Waals surface area contributed by atoms with Crippen LogP contribution >= 0.6 is 11.6 Å². The smallest absolute Gasteiger partial charge is 0.0406 e. The van der Waals surface area contributed by atoms with Gasteiger partial charge in [0.15, 0.2) is 0 Å². The number of nitrogens with one attached hydrogen (secondary N) is 1. The Labute approximate surface area is 84.4 Å². The average molecular weight is 196 g/mol. The minimum atomic E-state index is 0.343. The van der Waals surface area contributed by atoms with Crippen molar-refractivity contribution < 1.29 is 0 Å². The summed E-state index contributed by atoms with van der Waals surface area (Å²) in [6.45, 7) is 6.60. The van der Waals surface area contributed by atoms with Crippen molar-refractivity contribution in [2.24, 2.45) is 0 Å². The fraction of sp³-hybridized carbons (Fsp3) is 0.273. The first kappa shape index (κ1) is 10.3. The minimum Gasteiger partial charge on any atom is -0.307 e. The van der Waals surface area contributed by atoms with Gasteiger partial charge in [0.05, 0.1) is 0 Å². The van der Waals surface area contributed by atoms with Crippen molar-refractivity contribution in [2.75, 3.05) is 6.54 Å². The van der Waals surface area contributed by atoms with Crippen LogP contribution in [-0.4, -0.2) is 6.54 Å². The third-order valence-electron chi connectivity index (χ3n) is 1.94. The average Bonchev–Trinajstić information content (AvgIpc) is 2.15. The lowest BCUT2D eigenvalue weighted by Crippen LogP contribution is -2.18. The molecule has 0 fully saturated rings. The predicted octanol–water partition coefficient (Wildman–Crippen LogP) is 3.18. The quantitative estimate of drug-likeness (QED) is 0.728. The van der Waals surface area contributed by atoms with Crippen LogP contribution in [-0.2, 0) is 0 Å². The second-order valence-corrected chi connectivity index (χ2v) is 3.41. The van der Waals surface area contributed by atoms with Gasteiger partial charge in [0.2, 0.25) is 0 Å². The van der Waals surface area contributed by atoms with Crippen LogP contribution < -0.4 is 5.32 Å². The third kappa shape index (κ3) is 3.21. The van der Waals surface area contributed by atoms with E-state index in [1.807, 2.05) is 30.3 Å². The number of hydrogen-bond donors (Lipinski definition) is 1. The molecule has 0 aromatic heterocycles. The molecule has 0 saturated carbocycles. The van der Waals surface area contributed by atoms with Crippen molar-refractivity contribution in [1.82, 2.24) is 5.32 Å². The molecule has 1 N–H and O–H groups in total. The van der Waals surface area contributed by atoms with Gasteiger partial charge in [-0.15, -0.1) is 6.58 Å². The molecule has 13 heavy (non-hydrogen) atoms. The second kappa shape index (κ2) is 5.05. The molecular weight excluding hydrogens is 182 g/mol. The van der Waals surface area contributed by atoms with Crippen LogP contribution in [0.5, 0.6) is 0 Å². The summed E-state index contributed by atoms with van der Waals surface area (Å²) in [5.74, 6) is 0. The van der Waals surface area contributed by atoms with E-state index in [4.69, 9.17) is 11.6 Å². The van der Waals surface area contributed by atoms with Gasteiger partial charge in [0.25, 0.3) is 0 Å². The van der Waals surface area contributed by atoms with Crippen molar-refractivity contribution in [1.29, 1.82) is 0 Å². The van der Waals surface area contributed by atoms with E-state index in [1.54, 1.807) is 0 Å². The Bertz CT molecular complexity index is 266. The number of benzene rings is 1. The zero-order chi connectivity index (χ0) is 9.68. The Balaban J connectivity index is 2.60. The molecule has 1 nitrogen and oxygen atoms in total. The monoisotopic (exact) mass is 195 g/mol. The van der Waals surface area contributed by atoms with Crippen LogP contribution in [0.1, 0.15) is 18.5 Å². The molecule has 0 aliphatic rings. The second-order valence-electron chi connectivity index (χ2n) is 2.97. The van der Waals surface area contributed by atoms with Gasteiger partial charge in [-0.05, 0) is 24.6 Å². The van der Waals surface area contributed by atoms with Crippen molar-refractivity contribution in [2.45, 2.75) is 13.0 Å². The highest BCUT2D eigenvalue weighted by Gasteiger charge is 2.01. The Morgan fingerprint density at radius 2 is 2.08 bits per heavy atom. The fourth-order valence-corrected chi connectivity index (χ4v) is 1.26. The van der Waals surface area contributed by atoms with Gasteiger partial charge in [-0.3, -0.25) is 0 Å². The minimum absolute atomic E-state index is 0.343. The summed E-state index contributed by atoms with van der Waals surface area (Å²) in [6.07, 6.45) is 1.85. The molecule has 1 aromatic carbocycles. The highest BCUT2D eigenvalue weighted by atomic mass is 35.5. The summed E-state index contributed by atoms with van der Waals surface area (Å²) in [4.78, 5) is 0. The molecule has 0 unspecified atom stereocenters. The van der Waals surface area contributed by atoms with Gasteiger partial charge in [-0.1, -0.05) is 29.8 Å². The Hall–Kier alpha value is -0.790. The maximum absolute atomic E-state index is 5.78. The highest BCUT2D eigenvalue weighted by Crippen LogP contribution is 2.15. The molecule has 1 rings (SSSR count). The highest BCUT2D eigenvalue weighted by molar-refractivity contribution is 6.30. The Morgan fingerprint density at radius 1 is 1.46 bits per heavy atom. The van der Waals surface area contributed by atoms with Gasteiger partial charge >= 0.3 is 0 Å². The van der Waals surface area contributed by atoms with E-state index in [9.17, 15) is 0 Å². The Morgan fingerprint density at radius 3 is 2.62 bits per heavy atom. The standard InChI is InChI=1S/C11H14ClN/c1-3-8-13-9(2)10-4-6-11(12)7-5-10/h3-7,9,13H,1,8H2,2H3/t9-/m0/s1.